The molecule has 1 aromatic carbocycles. The number of anilines is 2. The first-order valence-electron chi connectivity index (χ1n) is 11.2. The molecule has 0 unspecified atom stereocenters. The molecule has 1 aliphatic carbocycles. The van der Waals surface area contributed by atoms with Crippen molar-refractivity contribution in [2.24, 2.45) is 0 Å². The number of benzene rings is 1. The average molecular weight is 405 g/mol. The number of ketones is 1. The summed E-state index contributed by atoms with van der Waals surface area (Å²) in [6.45, 7) is 3.95. The van der Waals surface area contributed by atoms with Crippen LogP contribution >= 0.6 is 0 Å². The Hall–Kier alpha value is -2.89. The highest BCUT2D eigenvalue weighted by atomic mass is 16.1. The first-order valence-corrected chi connectivity index (χ1v) is 11.2. The molecule has 1 fully saturated rings. The monoisotopic (exact) mass is 404 g/mol. The molecule has 3 aliphatic rings. The van der Waals surface area contributed by atoms with Gasteiger partial charge in [-0.05, 0) is 49.7 Å². The van der Waals surface area contributed by atoms with E-state index in [-0.39, 0.29) is 17.3 Å². The third-order valence-corrected chi connectivity index (χ3v) is 6.62. The SMILES string of the molecule is CCc1ccc([C@H]2C3=C(CCCC3=O)Nc3nc(N4CCCCC4)[nH]c(=O)c32)cc1. The van der Waals surface area contributed by atoms with Crippen molar-refractivity contribution in [2.45, 2.75) is 57.8 Å². The highest BCUT2D eigenvalue weighted by Crippen LogP contribution is 2.43. The molecule has 156 valence electrons. The van der Waals surface area contributed by atoms with Crippen LogP contribution in [0.1, 0.15) is 68.1 Å². The minimum atomic E-state index is -0.360. The number of hydrogen-bond donors (Lipinski definition) is 2. The molecule has 1 saturated heterocycles. The number of fused-ring (bicyclic) bond motifs is 1. The average Bonchev–Trinajstić information content (AvgIpc) is 2.78. The Morgan fingerprint density at radius 3 is 2.53 bits per heavy atom. The van der Waals surface area contributed by atoms with Gasteiger partial charge in [0.15, 0.2) is 5.78 Å². The Kier molecular flexibility index (Phi) is 4.93. The van der Waals surface area contributed by atoms with Gasteiger partial charge in [0.05, 0.1) is 5.56 Å². The first-order chi connectivity index (χ1) is 14.7. The van der Waals surface area contributed by atoms with Gasteiger partial charge in [0.2, 0.25) is 5.95 Å². The summed E-state index contributed by atoms with van der Waals surface area (Å²) in [6.07, 6.45) is 6.60. The summed E-state index contributed by atoms with van der Waals surface area (Å²) in [5.41, 5.74) is 4.32. The van der Waals surface area contributed by atoms with Gasteiger partial charge in [0.25, 0.3) is 5.56 Å². The van der Waals surface area contributed by atoms with Crippen molar-refractivity contribution in [1.29, 1.82) is 0 Å². The molecule has 0 saturated carbocycles. The molecule has 1 aromatic heterocycles. The molecule has 6 nitrogen and oxygen atoms in total. The van der Waals surface area contributed by atoms with Crippen LogP contribution in [0.5, 0.6) is 0 Å². The van der Waals surface area contributed by atoms with E-state index in [4.69, 9.17) is 4.98 Å². The normalized spacial score (nSPS) is 21.2. The van der Waals surface area contributed by atoms with E-state index in [0.29, 0.717) is 23.8 Å². The molecule has 1 atom stereocenters. The van der Waals surface area contributed by atoms with E-state index >= 15 is 0 Å². The fourth-order valence-electron chi connectivity index (χ4n) is 4.98. The van der Waals surface area contributed by atoms with Crippen molar-refractivity contribution in [3.63, 3.8) is 0 Å². The van der Waals surface area contributed by atoms with Gasteiger partial charge in [0.1, 0.15) is 5.82 Å². The van der Waals surface area contributed by atoms with Crippen LogP contribution in [-0.2, 0) is 11.2 Å². The first kappa shape index (κ1) is 19.1. The number of piperidine rings is 1. The van der Waals surface area contributed by atoms with E-state index in [1.807, 2.05) is 0 Å². The largest absolute Gasteiger partial charge is 0.343 e. The summed E-state index contributed by atoms with van der Waals surface area (Å²) in [6, 6.07) is 8.30. The maximum absolute atomic E-state index is 13.3. The van der Waals surface area contributed by atoms with E-state index in [0.717, 1.165) is 62.0 Å². The summed E-state index contributed by atoms with van der Waals surface area (Å²) in [7, 11) is 0. The number of allylic oxidation sites excluding steroid dienone is 2. The molecule has 0 spiro atoms. The number of aromatic amines is 1. The molecular formula is C24H28N4O2. The number of aromatic nitrogens is 2. The smallest absolute Gasteiger partial charge is 0.258 e. The lowest BCUT2D eigenvalue weighted by Crippen LogP contribution is -2.36. The van der Waals surface area contributed by atoms with Crippen LogP contribution in [0.2, 0.25) is 0 Å². The lowest BCUT2D eigenvalue weighted by atomic mass is 9.76. The number of Topliss-reactive ketones (excluding diaryl/α,β-unsaturated/α-hetero) is 1. The van der Waals surface area contributed by atoms with Crippen LogP contribution in [0.4, 0.5) is 11.8 Å². The molecule has 2 aliphatic heterocycles. The Morgan fingerprint density at radius 2 is 1.80 bits per heavy atom. The zero-order valence-corrected chi connectivity index (χ0v) is 17.5. The van der Waals surface area contributed by atoms with Crippen LogP contribution in [-0.4, -0.2) is 28.8 Å². The van der Waals surface area contributed by atoms with E-state index < -0.39 is 0 Å². The Bertz CT molecular complexity index is 1060. The number of aryl methyl sites for hydroxylation is 1. The fourth-order valence-corrected chi connectivity index (χ4v) is 4.98. The molecular weight excluding hydrogens is 376 g/mol. The quantitative estimate of drug-likeness (QED) is 0.812. The van der Waals surface area contributed by atoms with Gasteiger partial charge in [-0.25, -0.2) is 0 Å². The van der Waals surface area contributed by atoms with Gasteiger partial charge >= 0.3 is 0 Å². The van der Waals surface area contributed by atoms with E-state index in [2.05, 4.69) is 46.4 Å². The van der Waals surface area contributed by atoms with Crippen LogP contribution < -0.4 is 15.8 Å². The molecule has 0 radical (unpaired) electrons. The summed E-state index contributed by atoms with van der Waals surface area (Å²) in [4.78, 5) is 36.3. The molecule has 0 amide bonds. The van der Waals surface area contributed by atoms with Crippen LogP contribution in [0.25, 0.3) is 0 Å². The second kappa shape index (κ2) is 7.74. The van der Waals surface area contributed by atoms with Crippen molar-refractivity contribution in [3.8, 4) is 0 Å². The topological polar surface area (TPSA) is 78.1 Å². The lowest BCUT2D eigenvalue weighted by Gasteiger charge is -2.34. The van der Waals surface area contributed by atoms with Crippen molar-refractivity contribution in [2.75, 3.05) is 23.3 Å². The minimum Gasteiger partial charge on any atom is -0.343 e. The van der Waals surface area contributed by atoms with Gasteiger partial charge in [-0.2, -0.15) is 4.98 Å². The maximum atomic E-state index is 13.3. The highest BCUT2D eigenvalue weighted by molar-refractivity contribution is 6.00. The summed E-state index contributed by atoms with van der Waals surface area (Å²) in [5, 5.41) is 3.37. The van der Waals surface area contributed by atoms with Gasteiger partial charge in [-0.15, -0.1) is 0 Å². The number of nitrogens with one attached hydrogen (secondary N) is 2. The van der Waals surface area contributed by atoms with Crippen LogP contribution in [0, 0.1) is 0 Å². The number of H-pyrrole nitrogens is 1. The fraction of sp³-hybridized carbons (Fsp3) is 0.458. The van der Waals surface area contributed by atoms with E-state index in [1.165, 1.54) is 12.0 Å². The Morgan fingerprint density at radius 1 is 1.03 bits per heavy atom. The molecule has 0 bridgehead atoms. The standard InChI is InChI=1S/C24H28N4O2/c1-2-15-9-11-16(12-10-15)19-20-17(7-6-8-18(20)29)25-22-21(19)23(30)27-24(26-22)28-13-4-3-5-14-28/h9-12,19H,2-8,13-14H2,1H3,(H2,25,26,27,30)/t19-/m0/s1. The lowest BCUT2D eigenvalue weighted by molar-refractivity contribution is -0.116. The molecule has 2 N–H and O–H groups in total. The maximum Gasteiger partial charge on any atom is 0.258 e. The molecule has 30 heavy (non-hydrogen) atoms. The van der Waals surface area contributed by atoms with Gasteiger partial charge < -0.3 is 10.2 Å². The summed E-state index contributed by atoms with van der Waals surface area (Å²) < 4.78 is 0. The number of nitrogens with zero attached hydrogens (tertiary/aromatic N) is 2. The Labute approximate surface area is 176 Å². The third-order valence-electron chi connectivity index (χ3n) is 6.62. The zero-order valence-electron chi connectivity index (χ0n) is 17.5. The number of rotatable bonds is 3. The molecule has 5 rings (SSSR count). The predicted molar refractivity (Wildman–Crippen MR) is 118 cm³/mol. The summed E-state index contributed by atoms with van der Waals surface area (Å²) >= 11 is 0. The molecule has 2 aromatic rings. The third kappa shape index (κ3) is 3.24. The molecule has 3 heterocycles. The molecule has 6 heteroatoms. The van der Waals surface area contributed by atoms with Crippen LogP contribution in [0.3, 0.4) is 0 Å². The highest BCUT2D eigenvalue weighted by Gasteiger charge is 2.38. The van der Waals surface area contributed by atoms with Crippen molar-refractivity contribution >= 4 is 17.5 Å². The van der Waals surface area contributed by atoms with Gasteiger partial charge in [0, 0.05) is 36.7 Å². The second-order valence-electron chi connectivity index (χ2n) is 8.52. The zero-order chi connectivity index (χ0) is 20.7. The summed E-state index contributed by atoms with van der Waals surface area (Å²) in [5.74, 6) is 1.02. The van der Waals surface area contributed by atoms with E-state index in [9.17, 15) is 9.59 Å². The predicted octanol–water partition coefficient (Wildman–Crippen LogP) is 3.89. The minimum absolute atomic E-state index is 0.137. The Balaban J connectivity index is 1.65. The number of carbonyl (C=O) groups excluding carboxylic acids is 1. The van der Waals surface area contributed by atoms with Crippen molar-refractivity contribution in [3.05, 3.63) is 62.6 Å². The number of carbonyl (C=O) groups is 1. The van der Waals surface area contributed by atoms with Gasteiger partial charge in [-0.3, -0.25) is 14.6 Å². The van der Waals surface area contributed by atoms with E-state index in [1.54, 1.807) is 0 Å². The second-order valence-corrected chi connectivity index (χ2v) is 8.52. The van der Waals surface area contributed by atoms with Gasteiger partial charge in [-0.1, -0.05) is 31.2 Å². The van der Waals surface area contributed by atoms with Crippen molar-refractivity contribution in [1.82, 2.24) is 9.97 Å². The van der Waals surface area contributed by atoms with Crippen molar-refractivity contribution < 1.29 is 4.79 Å². The van der Waals surface area contributed by atoms with Crippen LogP contribution in [0.15, 0.2) is 40.3 Å². The number of hydrogen-bond acceptors (Lipinski definition) is 5.